The molecule has 3 nitrogen and oxygen atoms in total. The fourth-order valence-corrected chi connectivity index (χ4v) is 2.52. The van der Waals surface area contributed by atoms with Crippen molar-refractivity contribution in [3.63, 3.8) is 0 Å². The van der Waals surface area contributed by atoms with Crippen molar-refractivity contribution in [2.75, 3.05) is 13.2 Å². The van der Waals surface area contributed by atoms with E-state index in [1.807, 2.05) is 20.8 Å². The van der Waals surface area contributed by atoms with Gasteiger partial charge in [0, 0.05) is 12.0 Å². The summed E-state index contributed by atoms with van der Waals surface area (Å²) in [6, 6.07) is 0. The summed E-state index contributed by atoms with van der Waals surface area (Å²) in [4.78, 5) is 11.8. The number of ether oxygens (including phenoxy) is 1. The lowest BCUT2D eigenvalue weighted by atomic mass is 9.81. The van der Waals surface area contributed by atoms with Gasteiger partial charge in [-0.1, -0.05) is 39.8 Å². The van der Waals surface area contributed by atoms with Gasteiger partial charge in [-0.2, -0.15) is 0 Å². The minimum absolute atomic E-state index is 0.160. The van der Waals surface area contributed by atoms with Gasteiger partial charge in [0.1, 0.15) is 0 Å². The van der Waals surface area contributed by atoms with Crippen LogP contribution in [0.2, 0.25) is 18.1 Å². The van der Waals surface area contributed by atoms with Crippen molar-refractivity contribution in [3.05, 3.63) is 12.2 Å². The van der Waals surface area contributed by atoms with Gasteiger partial charge in [0.15, 0.2) is 8.32 Å². The van der Waals surface area contributed by atoms with Gasteiger partial charge in [-0.05, 0) is 32.0 Å². The number of rotatable bonds is 7. The summed E-state index contributed by atoms with van der Waals surface area (Å²) in [7, 11) is -1.82. The summed E-state index contributed by atoms with van der Waals surface area (Å²) >= 11 is 0. The molecule has 1 atom stereocenters. The predicted molar refractivity (Wildman–Crippen MR) is 87.3 cm³/mol. The van der Waals surface area contributed by atoms with Crippen molar-refractivity contribution in [2.45, 2.75) is 66.1 Å². The highest BCUT2D eigenvalue weighted by Gasteiger charge is 2.40. The Hall–Kier alpha value is -0.613. The lowest BCUT2D eigenvalue weighted by molar-refractivity contribution is -0.145. The van der Waals surface area contributed by atoms with Gasteiger partial charge < -0.3 is 9.16 Å². The van der Waals surface area contributed by atoms with Crippen LogP contribution in [-0.4, -0.2) is 27.5 Å². The third-order valence-electron chi connectivity index (χ3n) is 4.43. The van der Waals surface area contributed by atoms with E-state index in [0.29, 0.717) is 19.6 Å². The number of carbonyl (C=O) groups excluding carboxylic acids is 1. The molecule has 0 radical (unpaired) electrons. The van der Waals surface area contributed by atoms with Crippen LogP contribution in [0, 0.1) is 5.41 Å². The molecular weight excluding hydrogens is 268 g/mol. The van der Waals surface area contributed by atoms with E-state index in [2.05, 4.69) is 40.4 Å². The number of hydrogen-bond acceptors (Lipinski definition) is 3. The van der Waals surface area contributed by atoms with Crippen molar-refractivity contribution in [1.29, 1.82) is 0 Å². The molecule has 0 fully saturated rings. The van der Waals surface area contributed by atoms with Crippen LogP contribution < -0.4 is 0 Å². The zero-order valence-corrected chi connectivity index (χ0v) is 15.6. The van der Waals surface area contributed by atoms with E-state index in [1.165, 1.54) is 0 Å². The summed E-state index contributed by atoms with van der Waals surface area (Å²) in [5, 5.41) is 0.160. The van der Waals surface area contributed by atoms with Crippen molar-refractivity contribution >= 4 is 14.3 Å². The molecule has 0 aliphatic heterocycles. The van der Waals surface area contributed by atoms with E-state index < -0.39 is 8.32 Å². The minimum atomic E-state index is -1.82. The molecule has 0 aliphatic carbocycles. The number of hydrogen-bond donors (Lipinski definition) is 0. The van der Waals surface area contributed by atoms with Gasteiger partial charge in [0.2, 0.25) is 0 Å². The van der Waals surface area contributed by atoms with Crippen LogP contribution in [0.25, 0.3) is 0 Å². The second kappa shape index (κ2) is 6.90. The lowest BCUT2D eigenvalue weighted by Crippen LogP contribution is -2.44. The first-order chi connectivity index (χ1) is 8.85. The van der Waals surface area contributed by atoms with Crippen LogP contribution in [-0.2, 0) is 14.0 Å². The van der Waals surface area contributed by atoms with Crippen molar-refractivity contribution in [3.8, 4) is 0 Å². The van der Waals surface area contributed by atoms with Crippen molar-refractivity contribution in [1.82, 2.24) is 0 Å². The summed E-state index contributed by atoms with van der Waals surface area (Å²) in [5.41, 5.74) is 0.603. The topological polar surface area (TPSA) is 35.5 Å². The summed E-state index contributed by atoms with van der Waals surface area (Å²) in [5.74, 6) is -0.183. The molecule has 1 unspecified atom stereocenters. The summed E-state index contributed by atoms with van der Waals surface area (Å²) in [6.45, 7) is 21.8. The highest BCUT2D eigenvalue weighted by molar-refractivity contribution is 6.74. The molecule has 0 spiro atoms. The Morgan fingerprint density at radius 2 is 1.70 bits per heavy atom. The van der Waals surface area contributed by atoms with Crippen LogP contribution in [0.15, 0.2) is 12.2 Å². The standard InChI is InChI=1S/C16H32O3Si/c1-10-18-14(17)11-16(7,13(2)3)12-19-20(8,9)15(4,5)6/h2,10-12H2,1,3-9H3. The van der Waals surface area contributed by atoms with Gasteiger partial charge in [0.05, 0.1) is 13.0 Å². The second-order valence-electron chi connectivity index (χ2n) is 7.37. The normalized spacial score (nSPS) is 15.6. The Kier molecular flexibility index (Phi) is 6.69. The van der Waals surface area contributed by atoms with Crippen LogP contribution in [0.5, 0.6) is 0 Å². The van der Waals surface area contributed by atoms with E-state index in [9.17, 15) is 4.79 Å². The second-order valence-corrected chi connectivity index (χ2v) is 12.2. The molecule has 0 saturated carbocycles. The molecule has 0 bridgehead atoms. The maximum absolute atomic E-state index is 11.8. The molecule has 0 aliphatic rings. The molecular formula is C16H32O3Si. The van der Waals surface area contributed by atoms with Crippen LogP contribution in [0.3, 0.4) is 0 Å². The molecule has 0 amide bonds. The number of esters is 1. The van der Waals surface area contributed by atoms with Gasteiger partial charge in [-0.15, -0.1) is 0 Å². The molecule has 118 valence electrons. The first-order valence-corrected chi connectivity index (χ1v) is 10.2. The van der Waals surface area contributed by atoms with E-state index >= 15 is 0 Å². The van der Waals surface area contributed by atoms with Gasteiger partial charge in [-0.25, -0.2) is 0 Å². The zero-order chi connectivity index (χ0) is 16.2. The fourth-order valence-electron chi connectivity index (χ4n) is 1.41. The molecule has 0 N–H and O–H groups in total. The minimum Gasteiger partial charge on any atom is -0.466 e. The van der Waals surface area contributed by atoms with Crippen molar-refractivity contribution in [2.24, 2.45) is 5.41 Å². The third-order valence-corrected chi connectivity index (χ3v) is 8.91. The Morgan fingerprint density at radius 1 is 1.20 bits per heavy atom. The van der Waals surface area contributed by atoms with Crippen LogP contribution >= 0.6 is 0 Å². The highest BCUT2D eigenvalue weighted by atomic mass is 28.4. The third kappa shape index (κ3) is 5.41. The van der Waals surface area contributed by atoms with Crippen LogP contribution in [0.1, 0.15) is 48.0 Å². The number of carbonyl (C=O) groups is 1. The maximum atomic E-state index is 11.8. The van der Waals surface area contributed by atoms with E-state index in [0.717, 1.165) is 5.57 Å². The molecule has 0 aromatic carbocycles. The first kappa shape index (κ1) is 19.4. The van der Waals surface area contributed by atoms with Crippen LogP contribution in [0.4, 0.5) is 0 Å². The fraction of sp³-hybridized carbons (Fsp3) is 0.812. The molecule has 0 rings (SSSR count). The smallest absolute Gasteiger partial charge is 0.306 e. The molecule has 0 heterocycles. The first-order valence-electron chi connectivity index (χ1n) is 7.31. The Labute approximate surface area is 125 Å². The average molecular weight is 301 g/mol. The average Bonchev–Trinajstić information content (AvgIpc) is 2.25. The Bertz CT molecular complexity index is 355. The Balaban J connectivity index is 4.88. The Morgan fingerprint density at radius 3 is 2.05 bits per heavy atom. The zero-order valence-electron chi connectivity index (χ0n) is 14.6. The van der Waals surface area contributed by atoms with E-state index in [4.69, 9.17) is 9.16 Å². The predicted octanol–water partition coefficient (Wildman–Crippen LogP) is 4.54. The quantitative estimate of drug-likeness (QED) is 0.393. The maximum Gasteiger partial charge on any atom is 0.306 e. The van der Waals surface area contributed by atoms with E-state index in [-0.39, 0.29) is 16.4 Å². The molecule has 0 aromatic rings. The molecule has 20 heavy (non-hydrogen) atoms. The van der Waals surface area contributed by atoms with Gasteiger partial charge in [0.25, 0.3) is 0 Å². The largest absolute Gasteiger partial charge is 0.466 e. The highest BCUT2D eigenvalue weighted by Crippen LogP contribution is 2.39. The molecule has 0 aromatic heterocycles. The van der Waals surface area contributed by atoms with Crippen molar-refractivity contribution < 1.29 is 14.0 Å². The summed E-state index contributed by atoms with van der Waals surface area (Å²) < 4.78 is 11.3. The van der Waals surface area contributed by atoms with E-state index in [1.54, 1.807) is 0 Å². The van der Waals surface area contributed by atoms with Gasteiger partial charge in [-0.3, -0.25) is 4.79 Å². The van der Waals surface area contributed by atoms with Gasteiger partial charge >= 0.3 is 5.97 Å². The SMILES string of the molecule is C=C(C)C(C)(CO[Si](C)(C)C(C)(C)C)CC(=O)OCC. The molecule has 4 heteroatoms. The summed E-state index contributed by atoms with van der Waals surface area (Å²) in [6.07, 6.45) is 0.324. The monoisotopic (exact) mass is 300 g/mol. The lowest BCUT2D eigenvalue weighted by Gasteiger charge is -2.40. The molecule has 0 saturated heterocycles.